The van der Waals surface area contributed by atoms with Crippen molar-refractivity contribution in [3.05, 3.63) is 0 Å². The normalized spacial score (nSPS) is 11.4. The zero-order chi connectivity index (χ0) is 42.1. The molecule has 0 radical (unpaired) electrons. The number of hydrogen-bond donors (Lipinski definition) is 2. The minimum atomic E-state index is -4.90. The molecule has 0 fully saturated rings. The van der Waals surface area contributed by atoms with E-state index in [4.69, 9.17) is 37.9 Å². The molecule has 12 nitrogen and oxygen atoms in total. The molecule has 0 amide bonds. The summed E-state index contributed by atoms with van der Waals surface area (Å²) in [6.07, 6.45) is 11.1. The third-order valence-electron chi connectivity index (χ3n) is 9.00. The van der Waals surface area contributed by atoms with Crippen LogP contribution in [0.4, 0.5) is 0 Å². The highest BCUT2D eigenvalue weighted by molar-refractivity contribution is 7.92. The Balaban J connectivity index is 3.39. The predicted molar refractivity (Wildman–Crippen MR) is 225 cm³/mol. The van der Waals surface area contributed by atoms with Gasteiger partial charge < -0.3 is 48.1 Å². The summed E-state index contributed by atoms with van der Waals surface area (Å²) in [5.74, 6) is -2.29. The lowest BCUT2D eigenvalue weighted by atomic mass is 10.2. The quantitative estimate of drug-likeness (QED) is 0.0647. The number of sulfone groups is 1. The average molecular weight is 827 g/mol. The number of phenolic OH excluding ortho intramolecular Hbond substituents is 2. The van der Waals surface area contributed by atoms with Gasteiger partial charge in [-0.05, 0) is 51.4 Å². The maximum absolute atomic E-state index is 16.1. The first-order valence-electron chi connectivity index (χ1n) is 21.8. The summed E-state index contributed by atoms with van der Waals surface area (Å²) in [6, 6.07) is 0. The molecule has 0 aliphatic heterocycles. The number of hydrogen-bond acceptors (Lipinski definition) is 12. The first-order valence-corrected chi connectivity index (χ1v) is 23.3. The molecular weight excluding hydrogens is 753 g/mol. The van der Waals surface area contributed by atoms with E-state index in [0.29, 0.717) is 51.4 Å². The largest absolute Gasteiger partial charge is 0.501 e. The van der Waals surface area contributed by atoms with E-state index in [1.165, 1.54) is 0 Å². The summed E-state index contributed by atoms with van der Waals surface area (Å²) >= 11 is 0. The van der Waals surface area contributed by atoms with Crippen LogP contribution in [0.1, 0.15) is 158 Å². The lowest BCUT2D eigenvalue weighted by Gasteiger charge is -2.27. The van der Waals surface area contributed by atoms with Gasteiger partial charge in [-0.15, -0.1) is 0 Å². The van der Waals surface area contributed by atoms with Crippen molar-refractivity contribution in [1.29, 1.82) is 0 Å². The van der Waals surface area contributed by atoms with Gasteiger partial charge >= 0.3 is 0 Å². The summed E-state index contributed by atoms with van der Waals surface area (Å²) < 4.78 is 82.6. The summed E-state index contributed by atoms with van der Waals surface area (Å²) in [5.41, 5.74) is 0. The van der Waals surface area contributed by atoms with Crippen molar-refractivity contribution in [3.8, 4) is 57.5 Å². The standard InChI is InChI=1S/C44H74O12S/c1-9-17-25-49-35-33(45)36(50-26-18-10-2)40(54-30-22-14-6)43(39(35)53-29-21-13-5)57(47,48)44-41(55-31-23-15-7)37(51-27-19-11-3)34(46)38(52-28-20-12-4)42(44)56-32-24-16-8/h45-46H,9-32H2,1-8H3. The first-order chi connectivity index (χ1) is 27.7. The van der Waals surface area contributed by atoms with Crippen LogP contribution in [0.15, 0.2) is 9.79 Å². The Labute approximate surface area is 343 Å². The van der Waals surface area contributed by atoms with Crippen molar-refractivity contribution < 1.29 is 56.5 Å². The molecule has 0 heterocycles. The van der Waals surface area contributed by atoms with Crippen molar-refractivity contribution in [2.75, 3.05) is 52.9 Å². The van der Waals surface area contributed by atoms with Gasteiger partial charge in [0.1, 0.15) is 0 Å². The summed E-state index contributed by atoms with van der Waals surface area (Å²) in [7, 11) is -4.90. The van der Waals surface area contributed by atoms with Crippen molar-refractivity contribution in [2.24, 2.45) is 0 Å². The summed E-state index contributed by atoms with van der Waals surface area (Å²) in [6.45, 7) is 17.2. The van der Waals surface area contributed by atoms with Crippen LogP contribution in [0.5, 0.6) is 57.5 Å². The topological polar surface area (TPSA) is 148 Å². The second-order valence-electron chi connectivity index (χ2n) is 14.1. The van der Waals surface area contributed by atoms with Gasteiger partial charge in [-0.3, -0.25) is 0 Å². The Morgan fingerprint density at radius 1 is 0.316 bits per heavy atom. The Hall–Kier alpha value is -3.61. The Morgan fingerprint density at radius 3 is 0.632 bits per heavy atom. The molecule has 2 N–H and O–H groups in total. The van der Waals surface area contributed by atoms with E-state index in [1.54, 1.807) is 0 Å². The van der Waals surface area contributed by atoms with Gasteiger partial charge in [-0.25, -0.2) is 8.42 Å². The van der Waals surface area contributed by atoms with Gasteiger partial charge in [-0.2, -0.15) is 0 Å². The van der Waals surface area contributed by atoms with Crippen LogP contribution in [0.3, 0.4) is 0 Å². The molecule has 0 aromatic heterocycles. The van der Waals surface area contributed by atoms with Crippen LogP contribution in [0.25, 0.3) is 0 Å². The lowest BCUT2D eigenvalue weighted by Crippen LogP contribution is -2.17. The van der Waals surface area contributed by atoms with Crippen LogP contribution in [-0.2, 0) is 9.84 Å². The molecule has 0 aliphatic carbocycles. The van der Waals surface area contributed by atoms with Crippen molar-refractivity contribution in [3.63, 3.8) is 0 Å². The number of unbranched alkanes of at least 4 members (excludes halogenated alkanes) is 8. The highest BCUT2D eigenvalue weighted by atomic mass is 32.2. The molecule has 0 spiro atoms. The molecule has 13 heteroatoms. The number of benzene rings is 2. The van der Waals surface area contributed by atoms with Crippen LogP contribution < -0.4 is 37.9 Å². The minimum Gasteiger partial charge on any atom is -0.501 e. The van der Waals surface area contributed by atoms with Crippen LogP contribution in [0.2, 0.25) is 0 Å². The lowest BCUT2D eigenvalue weighted by molar-refractivity contribution is 0.214. The fourth-order valence-electron chi connectivity index (χ4n) is 5.45. The van der Waals surface area contributed by atoms with E-state index in [0.717, 1.165) is 51.4 Å². The predicted octanol–water partition coefficient (Wildman–Crippen LogP) is 11.4. The van der Waals surface area contributed by atoms with Crippen molar-refractivity contribution in [2.45, 2.75) is 168 Å². The van der Waals surface area contributed by atoms with Gasteiger partial charge in [0.05, 0.1) is 52.9 Å². The molecule has 57 heavy (non-hydrogen) atoms. The zero-order valence-corrected chi connectivity index (χ0v) is 37.2. The van der Waals surface area contributed by atoms with Gasteiger partial charge in [-0.1, -0.05) is 107 Å². The molecule has 0 saturated heterocycles. The smallest absolute Gasteiger partial charge is 0.221 e. The van der Waals surface area contributed by atoms with E-state index >= 15 is 8.42 Å². The van der Waals surface area contributed by atoms with E-state index in [1.807, 2.05) is 55.4 Å². The SMILES string of the molecule is CCCCOc1c(O)c(OCCCC)c(OCCCC)c(S(=O)(=O)c2c(OCCCC)c(OCCCC)c(O)c(OCCCC)c2OCCCC)c1OCCCC. The molecule has 0 unspecified atom stereocenters. The van der Waals surface area contributed by atoms with Crippen LogP contribution in [-0.4, -0.2) is 71.5 Å². The van der Waals surface area contributed by atoms with E-state index in [-0.39, 0.29) is 98.9 Å². The molecule has 2 aromatic rings. The molecule has 0 bridgehead atoms. The Bertz CT molecular complexity index is 1350. The molecule has 0 saturated carbocycles. The van der Waals surface area contributed by atoms with E-state index < -0.39 is 31.1 Å². The number of ether oxygens (including phenoxy) is 8. The minimum absolute atomic E-state index is 0.124. The highest BCUT2D eigenvalue weighted by Crippen LogP contribution is 2.61. The number of phenols is 2. The zero-order valence-electron chi connectivity index (χ0n) is 36.4. The third-order valence-corrected chi connectivity index (χ3v) is 10.8. The molecule has 2 rings (SSSR count). The van der Waals surface area contributed by atoms with E-state index in [9.17, 15) is 10.2 Å². The Morgan fingerprint density at radius 2 is 0.474 bits per heavy atom. The third kappa shape index (κ3) is 14.3. The molecule has 328 valence electrons. The second-order valence-corrected chi connectivity index (χ2v) is 15.9. The first kappa shape index (κ1) is 49.5. The van der Waals surface area contributed by atoms with Gasteiger partial charge in [0, 0.05) is 0 Å². The molecular formula is C44H74O12S. The van der Waals surface area contributed by atoms with Crippen LogP contribution in [0, 0.1) is 0 Å². The average Bonchev–Trinajstić information content (AvgIpc) is 3.19. The van der Waals surface area contributed by atoms with Gasteiger partial charge in [0.15, 0.2) is 32.8 Å². The van der Waals surface area contributed by atoms with Crippen molar-refractivity contribution in [1.82, 2.24) is 0 Å². The van der Waals surface area contributed by atoms with Gasteiger partial charge in [0.25, 0.3) is 0 Å². The molecule has 2 aromatic carbocycles. The second kappa shape index (κ2) is 27.9. The van der Waals surface area contributed by atoms with E-state index in [2.05, 4.69) is 0 Å². The Kier molecular flexibility index (Phi) is 24.3. The number of aromatic hydroxyl groups is 2. The maximum atomic E-state index is 16.1. The maximum Gasteiger partial charge on any atom is 0.221 e. The monoisotopic (exact) mass is 826 g/mol. The number of rotatable bonds is 34. The molecule has 0 aliphatic rings. The van der Waals surface area contributed by atoms with Gasteiger partial charge in [0.2, 0.25) is 44.3 Å². The summed E-state index contributed by atoms with van der Waals surface area (Å²) in [4.78, 5) is -0.813. The van der Waals surface area contributed by atoms with Crippen molar-refractivity contribution >= 4 is 9.84 Å². The fourth-order valence-corrected chi connectivity index (χ4v) is 7.24. The van der Waals surface area contributed by atoms with Crippen LogP contribution >= 0.6 is 0 Å². The molecule has 0 atom stereocenters. The summed E-state index contributed by atoms with van der Waals surface area (Å²) in [5, 5.41) is 23.9. The highest BCUT2D eigenvalue weighted by Gasteiger charge is 2.43. The fraction of sp³-hybridized carbons (Fsp3) is 0.727.